The summed E-state index contributed by atoms with van der Waals surface area (Å²) in [6, 6.07) is 12.6. The number of fused-ring (bicyclic) bond motifs is 2. The minimum atomic E-state index is 0.831. The van der Waals surface area contributed by atoms with E-state index >= 15 is 0 Å². The van der Waals surface area contributed by atoms with Crippen molar-refractivity contribution in [3.8, 4) is 0 Å². The molecule has 80 valence electrons. The molecule has 1 heteroatoms. The molecule has 0 unspecified atom stereocenters. The van der Waals surface area contributed by atoms with E-state index in [1.165, 1.54) is 37.7 Å². The maximum Gasteiger partial charge on any atom is 0.00729 e. The van der Waals surface area contributed by atoms with Gasteiger partial charge in [0.05, 0.1) is 0 Å². The molecule has 1 N–H and O–H groups in total. The van der Waals surface area contributed by atoms with Gasteiger partial charge in [-0.25, -0.2) is 0 Å². The molecule has 0 amide bonds. The van der Waals surface area contributed by atoms with Gasteiger partial charge in [0.1, 0.15) is 0 Å². The lowest BCUT2D eigenvalue weighted by Gasteiger charge is -2.29. The highest BCUT2D eigenvalue weighted by atomic mass is 15.0. The van der Waals surface area contributed by atoms with Gasteiger partial charge >= 0.3 is 0 Å². The van der Waals surface area contributed by atoms with Gasteiger partial charge in [0.25, 0.3) is 0 Å². The SMILES string of the molecule is c1ccc(C[C@H]2C[C@H]3CC[C@@H](C2)N3)cc1. The number of hydrogen-bond donors (Lipinski definition) is 1. The van der Waals surface area contributed by atoms with Crippen molar-refractivity contribution in [3.05, 3.63) is 35.9 Å². The maximum absolute atomic E-state index is 3.71. The molecule has 1 aromatic carbocycles. The highest BCUT2D eigenvalue weighted by Crippen LogP contribution is 2.32. The molecule has 0 aliphatic carbocycles. The van der Waals surface area contributed by atoms with Crippen LogP contribution in [0.4, 0.5) is 0 Å². The van der Waals surface area contributed by atoms with Gasteiger partial charge in [0.2, 0.25) is 0 Å². The van der Waals surface area contributed by atoms with Crippen LogP contribution in [0.2, 0.25) is 0 Å². The van der Waals surface area contributed by atoms with Crippen molar-refractivity contribution in [1.29, 1.82) is 0 Å². The number of hydrogen-bond acceptors (Lipinski definition) is 1. The van der Waals surface area contributed by atoms with E-state index in [9.17, 15) is 0 Å². The van der Waals surface area contributed by atoms with Crippen LogP contribution >= 0.6 is 0 Å². The minimum Gasteiger partial charge on any atom is -0.311 e. The first-order valence-corrected chi connectivity index (χ1v) is 6.20. The summed E-state index contributed by atoms with van der Waals surface area (Å²) in [5.74, 6) is 0.922. The molecule has 2 aliphatic rings. The van der Waals surface area contributed by atoms with Crippen molar-refractivity contribution >= 4 is 0 Å². The van der Waals surface area contributed by atoms with Crippen LogP contribution in [0, 0.1) is 5.92 Å². The highest BCUT2D eigenvalue weighted by molar-refractivity contribution is 5.15. The van der Waals surface area contributed by atoms with Crippen LogP contribution in [0.5, 0.6) is 0 Å². The molecule has 3 atom stereocenters. The summed E-state index contributed by atoms with van der Waals surface area (Å²) in [5.41, 5.74) is 1.52. The van der Waals surface area contributed by atoms with E-state index in [-0.39, 0.29) is 0 Å². The van der Waals surface area contributed by atoms with E-state index in [4.69, 9.17) is 0 Å². The van der Waals surface area contributed by atoms with Gasteiger partial charge in [-0.3, -0.25) is 0 Å². The van der Waals surface area contributed by atoms with Gasteiger partial charge in [0, 0.05) is 12.1 Å². The normalized spacial score (nSPS) is 34.3. The molecule has 0 aromatic heterocycles. The van der Waals surface area contributed by atoms with Gasteiger partial charge in [-0.05, 0) is 43.6 Å². The fourth-order valence-electron chi connectivity index (χ4n) is 3.29. The Morgan fingerprint density at radius 2 is 1.67 bits per heavy atom. The Balaban J connectivity index is 1.65. The Hall–Kier alpha value is -0.820. The monoisotopic (exact) mass is 201 g/mol. The molecular formula is C14H19N. The average Bonchev–Trinajstić information content (AvgIpc) is 2.60. The Bertz CT molecular complexity index is 307. The largest absolute Gasteiger partial charge is 0.311 e. The predicted octanol–water partition coefficient (Wildman–Crippen LogP) is 2.76. The zero-order chi connectivity index (χ0) is 10.1. The van der Waals surface area contributed by atoms with Gasteiger partial charge in [-0.15, -0.1) is 0 Å². The van der Waals surface area contributed by atoms with Crippen LogP contribution < -0.4 is 5.32 Å². The third-order valence-corrected chi connectivity index (χ3v) is 3.94. The average molecular weight is 201 g/mol. The van der Waals surface area contributed by atoms with Crippen molar-refractivity contribution in [1.82, 2.24) is 5.32 Å². The molecule has 0 radical (unpaired) electrons. The summed E-state index contributed by atoms with van der Waals surface area (Å²) < 4.78 is 0. The molecular weight excluding hydrogens is 182 g/mol. The molecule has 2 aliphatic heterocycles. The molecule has 2 bridgehead atoms. The summed E-state index contributed by atoms with van der Waals surface area (Å²) >= 11 is 0. The lowest BCUT2D eigenvalue weighted by atomic mass is 9.87. The lowest BCUT2D eigenvalue weighted by molar-refractivity contribution is 0.298. The topological polar surface area (TPSA) is 12.0 Å². The van der Waals surface area contributed by atoms with Crippen molar-refractivity contribution in [3.63, 3.8) is 0 Å². The van der Waals surface area contributed by atoms with Crippen LogP contribution in [0.1, 0.15) is 31.2 Å². The third kappa shape index (κ3) is 2.07. The first-order valence-electron chi connectivity index (χ1n) is 6.20. The van der Waals surface area contributed by atoms with E-state index in [0.29, 0.717) is 0 Å². The van der Waals surface area contributed by atoms with E-state index in [2.05, 4.69) is 35.6 Å². The van der Waals surface area contributed by atoms with Crippen LogP contribution in [-0.2, 0) is 6.42 Å². The second-order valence-corrected chi connectivity index (χ2v) is 5.17. The first kappa shape index (κ1) is 9.41. The van der Waals surface area contributed by atoms with Crippen LogP contribution in [0.25, 0.3) is 0 Å². The number of rotatable bonds is 2. The van der Waals surface area contributed by atoms with Crippen molar-refractivity contribution in [2.24, 2.45) is 5.92 Å². The van der Waals surface area contributed by atoms with Gasteiger partial charge in [-0.1, -0.05) is 30.3 Å². The van der Waals surface area contributed by atoms with E-state index in [1.807, 2.05) is 0 Å². The first-order chi connectivity index (χ1) is 7.40. The maximum atomic E-state index is 3.71. The summed E-state index contributed by atoms with van der Waals surface area (Å²) in [5, 5.41) is 3.71. The van der Waals surface area contributed by atoms with Gasteiger partial charge < -0.3 is 5.32 Å². The summed E-state index contributed by atoms with van der Waals surface area (Å²) in [6.45, 7) is 0. The standard InChI is InChI=1S/C14H19N/c1-2-4-11(5-3-1)8-12-9-13-6-7-14(10-12)15-13/h1-5,12-15H,6-10H2/t12-,13+,14-. The van der Waals surface area contributed by atoms with Gasteiger partial charge in [-0.2, -0.15) is 0 Å². The molecule has 1 aromatic rings. The van der Waals surface area contributed by atoms with Crippen molar-refractivity contribution < 1.29 is 0 Å². The quantitative estimate of drug-likeness (QED) is 0.776. The molecule has 0 saturated carbocycles. The van der Waals surface area contributed by atoms with Crippen molar-refractivity contribution in [2.75, 3.05) is 0 Å². The fraction of sp³-hybridized carbons (Fsp3) is 0.571. The summed E-state index contributed by atoms with van der Waals surface area (Å²) in [4.78, 5) is 0. The van der Waals surface area contributed by atoms with Crippen LogP contribution in [-0.4, -0.2) is 12.1 Å². The van der Waals surface area contributed by atoms with Crippen LogP contribution in [0.15, 0.2) is 30.3 Å². The smallest absolute Gasteiger partial charge is 0.00729 e. The highest BCUT2D eigenvalue weighted by Gasteiger charge is 2.33. The fourth-order valence-corrected chi connectivity index (χ4v) is 3.29. The summed E-state index contributed by atoms with van der Waals surface area (Å²) in [6.07, 6.45) is 6.90. The predicted molar refractivity (Wildman–Crippen MR) is 62.8 cm³/mol. The summed E-state index contributed by atoms with van der Waals surface area (Å²) in [7, 11) is 0. The Kier molecular flexibility index (Phi) is 2.49. The molecule has 2 fully saturated rings. The third-order valence-electron chi connectivity index (χ3n) is 3.94. The Morgan fingerprint density at radius 3 is 2.33 bits per heavy atom. The van der Waals surface area contributed by atoms with Gasteiger partial charge in [0.15, 0.2) is 0 Å². The van der Waals surface area contributed by atoms with E-state index in [1.54, 1.807) is 0 Å². The molecule has 2 heterocycles. The zero-order valence-electron chi connectivity index (χ0n) is 9.15. The number of benzene rings is 1. The Morgan fingerprint density at radius 1 is 1.00 bits per heavy atom. The second kappa shape index (κ2) is 3.97. The zero-order valence-corrected chi connectivity index (χ0v) is 9.15. The molecule has 3 rings (SSSR count). The second-order valence-electron chi connectivity index (χ2n) is 5.17. The number of piperidine rings is 1. The molecule has 0 spiro atoms. The minimum absolute atomic E-state index is 0.831. The number of nitrogens with one attached hydrogen (secondary N) is 1. The molecule has 1 nitrogen and oxygen atoms in total. The van der Waals surface area contributed by atoms with E-state index in [0.717, 1.165) is 18.0 Å². The molecule has 2 saturated heterocycles. The van der Waals surface area contributed by atoms with Crippen LogP contribution in [0.3, 0.4) is 0 Å². The molecule has 15 heavy (non-hydrogen) atoms. The lowest BCUT2D eigenvalue weighted by Crippen LogP contribution is -2.38. The van der Waals surface area contributed by atoms with Crippen molar-refractivity contribution in [2.45, 2.75) is 44.2 Å². The van der Waals surface area contributed by atoms with E-state index < -0.39 is 0 Å². The Labute approximate surface area is 91.9 Å².